The minimum atomic E-state index is -0.185. The number of methoxy groups -OCH3 is 1. The van der Waals surface area contributed by atoms with Crippen LogP contribution >= 0.6 is 11.6 Å². The molecule has 1 N–H and O–H groups in total. The Morgan fingerprint density at radius 3 is 2.77 bits per heavy atom. The molecule has 1 fully saturated rings. The van der Waals surface area contributed by atoms with E-state index in [1.807, 2.05) is 24.3 Å². The van der Waals surface area contributed by atoms with E-state index >= 15 is 0 Å². The van der Waals surface area contributed by atoms with Crippen molar-refractivity contribution in [3.05, 3.63) is 47.6 Å². The number of aromatic nitrogens is 2. The maximum absolute atomic E-state index is 9.96. The third kappa shape index (κ3) is 3.41. The van der Waals surface area contributed by atoms with Crippen LogP contribution in [-0.2, 0) is 6.54 Å². The number of halogens is 1. The number of aliphatic hydroxyl groups excluding tert-OH is 1. The van der Waals surface area contributed by atoms with Crippen LogP contribution in [0.5, 0.6) is 5.75 Å². The van der Waals surface area contributed by atoms with E-state index < -0.39 is 0 Å². The van der Waals surface area contributed by atoms with Gasteiger partial charge in [0.1, 0.15) is 10.9 Å². The quantitative estimate of drug-likeness (QED) is 0.466. The van der Waals surface area contributed by atoms with E-state index in [4.69, 9.17) is 21.3 Å². The molecule has 3 heterocycles. The highest BCUT2D eigenvalue weighted by Gasteiger charge is 2.19. The second kappa shape index (κ2) is 8.06. The SMILES string of the molecule is COc1ccc2c(c1)c1nc(Cl)c3ccccc3c1n2CCCN1CCCC(O)C1. The number of hydrogen-bond donors (Lipinski definition) is 1. The first-order valence-electron chi connectivity index (χ1n) is 10.6. The lowest BCUT2D eigenvalue weighted by Gasteiger charge is -2.30. The molecule has 0 spiro atoms. The normalized spacial score (nSPS) is 17.9. The first kappa shape index (κ1) is 19.6. The number of piperidine rings is 1. The van der Waals surface area contributed by atoms with E-state index in [0.717, 1.165) is 83.9 Å². The lowest BCUT2D eigenvalue weighted by molar-refractivity contribution is 0.0696. The van der Waals surface area contributed by atoms with Gasteiger partial charge >= 0.3 is 0 Å². The van der Waals surface area contributed by atoms with Crippen LogP contribution in [0.2, 0.25) is 5.15 Å². The Hall–Kier alpha value is -2.34. The van der Waals surface area contributed by atoms with Gasteiger partial charge in [0.2, 0.25) is 0 Å². The summed E-state index contributed by atoms with van der Waals surface area (Å²) in [6, 6.07) is 14.4. The number of ether oxygens (including phenoxy) is 1. The van der Waals surface area contributed by atoms with Gasteiger partial charge in [0.25, 0.3) is 0 Å². The number of aliphatic hydroxyl groups is 1. The molecule has 1 saturated heterocycles. The maximum atomic E-state index is 9.96. The zero-order valence-electron chi connectivity index (χ0n) is 17.1. The summed E-state index contributed by atoms with van der Waals surface area (Å²) >= 11 is 6.56. The summed E-state index contributed by atoms with van der Waals surface area (Å²) in [5.41, 5.74) is 3.18. The molecule has 1 aliphatic heterocycles. The predicted molar refractivity (Wildman–Crippen MR) is 123 cm³/mol. The highest BCUT2D eigenvalue weighted by atomic mass is 35.5. The lowest BCUT2D eigenvalue weighted by Crippen LogP contribution is -2.38. The van der Waals surface area contributed by atoms with Crippen molar-refractivity contribution < 1.29 is 9.84 Å². The zero-order valence-corrected chi connectivity index (χ0v) is 17.9. The molecule has 30 heavy (non-hydrogen) atoms. The van der Waals surface area contributed by atoms with E-state index in [9.17, 15) is 5.11 Å². The highest BCUT2D eigenvalue weighted by Crippen LogP contribution is 2.37. The standard InChI is InChI=1S/C24H26ClN3O2/c1-30-17-9-10-21-20(14-17)22-23(18-7-2-3-8-19(18)24(25)26-22)28(21)13-5-12-27-11-4-6-16(29)15-27/h2-3,7-10,14,16,29H,4-6,11-13,15H2,1H3. The third-order valence-electron chi connectivity index (χ3n) is 6.19. The van der Waals surface area contributed by atoms with Gasteiger partial charge in [-0.05, 0) is 50.6 Å². The van der Waals surface area contributed by atoms with Gasteiger partial charge < -0.3 is 19.3 Å². The van der Waals surface area contributed by atoms with Crippen molar-refractivity contribution in [2.45, 2.75) is 31.9 Å². The molecule has 1 unspecified atom stereocenters. The molecule has 5 rings (SSSR count). The zero-order chi connectivity index (χ0) is 20.7. The molecule has 2 aromatic heterocycles. The summed E-state index contributed by atoms with van der Waals surface area (Å²) in [5.74, 6) is 0.815. The van der Waals surface area contributed by atoms with Crippen LogP contribution in [-0.4, -0.2) is 52.4 Å². The molecule has 2 aromatic carbocycles. The fourth-order valence-corrected chi connectivity index (χ4v) is 5.03. The van der Waals surface area contributed by atoms with Crippen molar-refractivity contribution in [3.8, 4) is 5.75 Å². The molecule has 0 aliphatic carbocycles. The summed E-state index contributed by atoms with van der Waals surface area (Å²) in [6.07, 6.45) is 2.82. The number of benzene rings is 2. The van der Waals surface area contributed by atoms with Gasteiger partial charge in [-0.2, -0.15) is 0 Å². The summed E-state index contributed by atoms with van der Waals surface area (Å²) in [7, 11) is 1.68. The van der Waals surface area contributed by atoms with E-state index in [2.05, 4.69) is 27.7 Å². The molecular formula is C24H26ClN3O2. The van der Waals surface area contributed by atoms with Gasteiger partial charge in [0.05, 0.1) is 29.8 Å². The fraction of sp³-hybridized carbons (Fsp3) is 0.375. The Morgan fingerprint density at radius 1 is 1.13 bits per heavy atom. The molecule has 6 heteroatoms. The molecule has 0 saturated carbocycles. The van der Waals surface area contributed by atoms with Crippen LogP contribution in [0.1, 0.15) is 19.3 Å². The average molecular weight is 424 g/mol. The molecular weight excluding hydrogens is 398 g/mol. The van der Waals surface area contributed by atoms with E-state index in [0.29, 0.717) is 5.15 Å². The Balaban J connectivity index is 1.60. The van der Waals surface area contributed by atoms with Crippen LogP contribution in [0.3, 0.4) is 0 Å². The van der Waals surface area contributed by atoms with Crippen LogP contribution in [0.15, 0.2) is 42.5 Å². The summed E-state index contributed by atoms with van der Waals surface area (Å²) in [6.45, 7) is 3.71. The third-order valence-corrected chi connectivity index (χ3v) is 6.48. The van der Waals surface area contributed by atoms with Gasteiger partial charge in [-0.25, -0.2) is 4.98 Å². The number of β-amino-alcohol motifs (C(OH)–C–C–N with tert-alkyl or cyclic N) is 1. The molecule has 4 aromatic rings. The van der Waals surface area contributed by atoms with Crippen molar-refractivity contribution in [1.29, 1.82) is 0 Å². The monoisotopic (exact) mass is 423 g/mol. The first-order valence-corrected chi connectivity index (χ1v) is 11.0. The number of hydrogen-bond acceptors (Lipinski definition) is 4. The van der Waals surface area contributed by atoms with Gasteiger partial charge in [-0.1, -0.05) is 35.9 Å². The van der Waals surface area contributed by atoms with Crippen LogP contribution in [0, 0.1) is 0 Å². The molecule has 1 atom stereocenters. The number of pyridine rings is 1. The molecule has 1 aliphatic rings. The van der Waals surface area contributed by atoms with Gasteiger partial charge in [-0.3, -0.25) is 0 Å². The van der Waals surface area contributed by atoms with Crippen molar-refractivity contribution in [3.63, 3.8) is 0 Å². The van der Waals surface area contributed by atoms with E-state index in [1.165, 1.54) is 0 Å². The van der Waals surface area contributed by atoms with Crippen molar-refractivity contribution in [2.24, 2.45) is 0 Å². The number of rotatable bonds is 5. The minimum Gasteiger partial charge on any atom is -0.497 e. The Bertz CT molecular complexity index is 1220. The van der Waals surface area contributed by atoms with Crippen LogP contribution in [0.4, 0.5) is 0 Å². The fourth-order valence-electron chi connectivity index (χ4n) is 4.78. The van der Waals surface area contributed by atoms with Crippen molar-refractivity contribution in [1.82, 2.24) is 14.5 Å². The Morgan fingerprint density at radius 2 is 1.97 bits per heavy atom. The molecule has 0 bridgehead atoms. The Kier molecular flexibility index (Phi) is 5.27. The average Bonchev–Trinajstić information content (AvgIpc) is 3.07. The van der Waals surface area contributed by atoms with Crippen molar-refractivity contribution in [2.75, 3.05) is 26.7 Å². The lowest BCUT2D eigenvalue weighted by atomic mass is 10.1. The van der Waals surface area contributed by atoms with Gasteiger partial charge in [-0.15, -0.1) is 0 Å². The smallest absolute Gasteiger partial charge is 0.137 e. The van der Waals surface area contributed by atoms with Crippen LogP contribution < -0.4 is 4.74 Å². The first-order chi connectivity index (χ1) is 14.7. The molecule has 0 radical (unpaired) electrons. The topological polar surface area (TPSA) is 50.5 Å². The largest absolute Gasteiger partial charge is 0.497 e. The molecule has 156 valence electrons. The highest BCUT2D eigenvalue weighted by molar-refractivity contribution is 6.36. The number of nitrogens with zero attached hydrogens (tertiary/aromatic N) is 3. The number of likely N-dealkylation sites (tertiary alicyclic amines) is 1. The van der Waals surface area contributed by atoms with E-state index in [-0.39, 0.29) is 6.10 Å². The Labute approximate surface area is 180 Å². The van der Waals surface area contributed by atoms with Gasteiger partial charge in [0.15, 0.2) is 0 Å². The summed E-state index contributed by atoms with van der Waals surface area (Å²) in [4.78, 5) is 7.15. The van der Waals surface area contributed by atoms with Crippen molar-refractivity contribution >= 4 is 44.3 Å². The molecule has 0 amide bonds. The second-order valence-electron chi connectivity index (χ2n) is 8.13. The minimum absolute atomic E-state index is 0.185. The molecule has 5 nitrogen and oxygen atoms in total. The van der Waals surface area contributed by atoms with Gasteiger partial charge in [0, 0.05) is 29.2 Å². The summed E-state index contributed by atoms with van der Waals surface area (Å²) < 4.78 is 7.84. The summed E-state index contributed by atoms with van der Waals surface area (Å²) in [5, 5.41) is 13.6. The predicted octanol–water partition coefficient (Wildman–Crippen LogP) is 4.85. The second-order valence-corrected chi connectivity index (χ2v) is 8.49. The van der Waals surface area contributed by atoms with E-state index in [1.54, 1.807) is 7.11 Å². The maximum Gasteiger partial charge on any atom is 0.137 e. The van der Waals surface area contributed by atoms with Crippen LogP contribution in [0.25, 0.3) is 32.7 Å². The number of aryl methyl sites for hydroxylation is 1. The number of fused-ring (bicyclic) bond motifs is 5.